The molecule has 1 N–H and O–H groups in total. The van der Waals surface area contributed by atoms with Crippen LogP contribution in [-0.4, -0.2) is 41.2 Å². The first kappa shape index (κ1) is 18.1. The summed E-state index contributed by atoms with van der Waals surface area (Å²) in [7, 11) is 1.53. The summed E-state index contributed by atoms with van der Waals surface area (Å²) in [5, 5.41) is 13.7. The lowest BCUT2D eigenvalue weighted by atomic mass is 10.1. The number of amides is 3. The van der Waals surface area contributed by atoms with Gasteiger partial charge in [-0.25, -0.2) is 0 Å². The molecule has 0 saturated heterocycles. The highest BCUT2D eigenvalue weighted by Gasteiger charge is 2.41. The highest BCUT2D eigenvalue weighted by molar-refractivity contribution is 6.24. The van der Waals surface area contributed by atoms with Gasteiger partial charge in [-0.3, -0.25) is 29.4 Å². The van der Waals surface area contributed by atoms with E-state index in [0.717, 1.165) is 11.6 Å². The monoisotopic (exact) mass is 369 g/mol. The van der Waals surface area contributed by atoms with Crippen molar-refractivity contribution >= 4 is 23.4 Å². The van der Waals surface area contributed by atoms with Crippen LogP contribution in [0.2, 0.25) is 0 Å². The molecule has 1 aliphatic rings. The maximum atomic E-state index is 12.4. The molecular weight excluding hydrogens is 354 g/mol. The van der Waals surface area contributed by atoms with Gasteiger partial charge in [-0.2, -0.15) is 0 Å². The molecule has 1 aliphatic heterocycles. The maximum absolute atomic E-state index is 12.4. The molecule has 3 amide bonds. The van der Waals surface area contributed by atoms with Gasteiger partial charge in [0.25, 0.3) is 17.5 Å². The van der Waals surface area contributed by atoms with Gasteiger partial charge in [0.15, 0.2) is 0 Å². The number of carbonyl (C=O) groups excluding carboxylic acids is 3. The van der Waals surface area contributed by atoms with Gasteiger partial charge in [-0.1, -0.05) is 18.2 Å². The molecule has 9 heteroatoms. The fourth-order valence-corrected chi connectivity index (χ4v) is 2.79. The van der Waals surface area contributed by atoms with Crippen molar-refractivity contribution in [3.8, 4) is 5.75 Å². The highest BCUT2D eigenvalue weighted by Crippen LogP contribution is 2.30. The van der Waals surface area contributed by atoms with Crippen molar-refractivity contribution in [1.29, 1.82) is 0 Å². The number of hydrogen-bond acceptors (Lipinski definition) is 6. The zero-order valence-corrected chi connectivity index (χ0v) is 14.3. The second-order valence-electron chi connectivity index (χ2n) is 5.78. The van der Waals surface area contributed by atoms with Gasteiger partial charge in [0.1, 0.15) is 17.9 Å². The normalized spacial score (nSPS) is 12.7. The predicted octanol–water partition coefficient (Wildman–Crippen LogP) is 1.52. The quantitative estimate of drug-likeness (QED) is 0.468. The summed E-state index contributed by atoms with van der Waals surface area (Å²) in [5.74, 6) is -1.50. The minimum atomic E-state index is -0.848. The van der Waals surface area contributed by atoms with Gasteiger partial charge < -0.3 is 10.1 Å². The Balaban J connectivity index is 1.70. The molecule has 0 fully saturated rings. The van der Waals surface area contributed by atoms with Gasteiger partial charge >= 0.3 is 0 Å². The zero-order valence-electron chi connectivity index (χ0n) is 14.3. The van der Waals surface area contributed by atoms with Crippen LogP contribution >= 0.6 is 0 Å². The highest BCUT2D eigenvalue weighted by atomic mass is 16.6. The number of hydrogen-bond donors (Lipinski definition) is 1. The molecule has 2 aromatic rings. The summed E-state index contributed by atoms with van der Waals surface area (Å²) in [5.41, 5.74) is -0.0336. The summed E-state index contributed by atoms with van der Waals surface area (Å²) < 4.78 is 5.10. The molecule has 9 nitrogen and oxygen atoms in total. The van der Waals surface area contributed by atoms with Gasteiger partial charge in [0, 0.05) is 12.6 Å². The standard InChI is InChI=1S/C18H15N3O6/c1-27-12-5-2-4-11(8-12)9-19-15(22)10-20-17(23)13-6-3-7-14(21(25)26)16(13)18(20)24/h2-8H,9-10H2,1H3,(H,19,22). The Morgan fingerprint density at radius 3 is 2.63 bits per heavy atom. The Morgan fingerprint density at radius 1 is 1.19 bits per heavy atom. The number of nitro benzene ring substituents is 1. The van der Waals surface area contributed by atoms with Gasteiger partial charge in [-0.05, 0) is 23.8 Å². The minimum absolute atomic E-state index is 0.0743. The Kier molecular flexibility index (Phi) is 4.84. The average molecular weight is 369 g/mol. The largest absolute Gasteiger partial charge is 0.497 e. The number of benzene rings is 2. The summed E-state index contributed by atoms with van der Waals surface area (Å²) >= 11 is 0. The van der Waals surface area contributed by atoms with Crippen molar-refractivity contribution < 1.29 is 24.0 Å². The zero-order chi connectivity index (χ0) is 19.6. The second kappa shape index (κ2) is 7.24. The predicted molar refractivity (Wildman–Crippen MR) is 93.3 cm³/mol. The number of nitro groups is 1. The first-order valence-corrected chi connectivity index (χ1v) is 7.95. The topological polar surface area (TPSA) is 119 Å². The Morgan fingerprint density at radius 2 is 1.93 bits per heavy atom. The molecule has 0 aromatic heterocycles. The lowest BCUT2D eigenvalue weighted by Gasteiger charge is -2.13. The Labute approximate surface area is 153 Å². The van der Waals surface area contributed by atoms with Gasteiger partial charge in [0.2, 0.25) is 5.91 Å². The van der Waals surface area contributed by atoms with E-state index in [0.29, 0.717) is 10.6 Å². The summed E-state index contributed by atoms with van der Waals surface area (Å²) in [4.78, 5) is 48.0. The van der Waals surface area contributed by atoms with Crippen LogP contribution in [-0.2, 0) is 11.3 Å². The van der Waals surface area contributed by atoms with Crippen LogP contribution in [0.25, 0.3) is 0 Å². The molecule has 0 unspecified atom stereocenters. The van der Waals surface area contributed by atoms with Crippen molar-refractivity contribution in [3.05, 3.63) is 69.3 Å². The molecule has 3 rings (SSSR count). The molecule has 2 aromatic carbocycles. The van der Waals surface area contributed by atoms with E-state index in [4.69, 9.17) is 4.74 Å². The van der Waals surface area contributed by atoms with E-state index in [1.807, 2.05) is 0 Å². The molecule has 0 aliphatic carbocycles. The molecule has 138 valence electrons. The number of nitrogens with zero attached hydrogens (tertiary/aromatic N) is 2. The molecule has 1 heterocycles. The molecule has 27 heavy (non-hydrogen) atoms. The van der Waals surface area contributed by atoms with Crippen molar-refractivity contribution in [2.45, 2.75) is 6.54 Å². The molecule has 0 radical (unpaired) electrons. The SMILES string of the molecule is COc1cccc(CNC(=O)CN2C(=O)c3cccc([N+](=O)[O-])c3C2=O)c1. The van der Waals surface area contributed by atoms with Crippen LogP contribution < -0.4 is 10.1 Å². The number of fused-ring (bicyclic) bond motifs is 1. The minimum Gasteiger partial charge on any atom is -0.497 e. The van der Waals surface area contributed by atoms with E-state index in [-0.39, 0.29) is 17.7 Å². The lowest BCUT2D eigenvalue weighted by Crippen LogP contribution is -2.40. The first-order valence-electron chi connectivity index (χ1n) is 7.95. The van der Waals surface area contributed by atoms with Crippen LogP contribution in [0.15, 0.2) is 42.5 Å². The molecular formula is C18H15N3O6. The van der Waals surface area contributed by atoms with Gasteiger partial charge in [-0.15, -0.1) is 0 Å². The number of rotatable bonds is 6. The summed E-state index contributed by atoms with van der Waals surface area (Å²) in [6.07, 6.45) is 0. The first-order chi connectivity index (χ1) is 12.9. The number of ether oxygens (including phenoxy) is 1. The van der Waals surface area contributed by atoms with Crippen LogP contribution in [0.5, 0.6) is 5.75 Å². The van der Waals surface area contributed by atoms with E-state index in [1.54, 1.807) is 24.3 Å². The van der Waals surface area contributed by atoms with Gasteiger partial charge in [0.05, 0.1) is 17.6 Å². The van der Waals surface area contributed by atoms with Crippen molar-refractivity contribution in [3.63, 3.8) is 0 Å². The van der Waals surface area contributed by atoms with Crippen LogP contribution in [0.4, 0.5) is 5.69 Å². The smallest absolute Gasteiger partial charge is 0.282 e. The van der Waals surface area contributed by atoms with E-state index in [1.165, 1.54) is 19.2 Å². The fourth-order valence-electron chi connectivity index (χ4n) is 2.79. The lowest BCUT2D eigenvalue weighted by molar-refractivity contribution is -0.385. The van der Waals surface area contributed by atoms with Crippen molar-refractivity contribution in [1.82, 2.24) is 10.2 Å². The van der Waals surface area contributed by atoms with E-state index in [9.17, 15) is 24.5 Å². The van der Waals surface area contributed by atoms with Crippen molar-refractivity contribution in [2.24, 2.45) is 0 Å². The number of carbonyl (C=O) groups is 3. The molecule has 0 atom stereocenters. The van der Waals surface area contributed by atoms with E-state index in [2.05, 4.69) is 5.32 Å². The third kappa shape index (κ3) is 3.47. The van der Waals surface area contributed by atoms with E-state index >= 15 is 0 Å². The Hall–Kier alpha value is -3.75. The molecule has 0 saturated carbocycles. The average Bonchev–Trinajstić information content (AvgIpc) is 2.91. The third-order valence-electron chi connectivity index (χ3n) is 4.10. The molecule has 0 spiro atoms. The van der Waals surface area contributed by atoms with Crippen LogP contribution in [0.3, 0.4) is 0 Å². The van der Waals surface area contributed by atoms with Crippen LogP contribution in [0, 0.1) is 10.1 Å². The fraction of sp³-hybridized carbons (Fsp3) is 0.167. The van der Waals surface area contributed by atoms with Crippen LogP contribution in [0.1, 0.15) is 26.3 Å². The Bertz CT molecular complexity index is 956. The summed E-state index contributed by atoms with van der Waals surface area (Å²) in [6, 6.07) is 10.9. The van der Waals surface area contributed by atoms with E-state index < -0.39 is 34.9 Å². The number of methoxy groups -OCH3 is 1. The molecule has 0 bridgehead atoms. The number of imide groups is 1. The maximum Gasteiger partial charge on any atom is 0.282 e. The number of nitrogens with one attached hydrogen (secondary N) is 1. The van der Waals surface area contributed by atoms with Crippen molar-refractivity contribution in [2.75, 3.05) is 13.7 Å². The second-order valence-corrected chi connectivity index (χ2v) is 5.78. The third-order valence-corrected chi connectivity index (χ3v) is 4.10. The summed E-state index contributed by atoms with van der Waals surface area (Å²) in [6.45, 7) is -0.340.